The summed E-state index contributed by atoms with van der Waals surface area (Å²) in [6, 6.07) is 20.7. The predicted octanol–water partition coefficient (Wildman–Crippen LogP) is 5.23. The highest BCUT2D eigenvalue weighted by molar-refractivity contribution is 6.55. The van der Waals surface area contributed by atoms with Crippen LogP contribution in [0.15, 0.2) is 78.0 Å². The van der Waals surface area contributed by atoms with Crippen LogP contribution in [0.5, 0.6) is 0 Å². The minimum absolute atomic E-state index is 0.0489. The van der Waals surface area contributed by atoms with Gasteiger partial charge >= 0.3 is 5.97 Å². The maximum atomic E-state index is 13.0. The summed E-state index contributed by atoms with van der Waals surface area (Å²) in [6.07, 6.45) is 0. The fourth-order valence-electron chi connectivity index (χ4n) is 2.88. The molecule has 0 fully saturated rings. The number of amides is 1. The van der Waals surface area contributed by atoms with Gasteiger partial charge in [0.05, 0.1) is 21.3 Å². The zero-order valence-corrected chi connectivity index (χ0v) is 15.8. The van der Waals surface area contributed by atoms with E-state index < -0.39 is 5.97 Å². The third-order valence-electron chi connectivity index (χ3n) is 4.20. The van der Waals surface area contributed by atoms with E-state index in [0.717, 1.165) is 0 Å². The molecule has 3 aromatic rings. The van der Waals surface area contributed by atoms with Gasteiger partial charge in [0.1, 0.15) is 0 Å². The number of rotatable bonds is 3. The van der Waals surface area contributed by atoms with E-state index in [2.05, 4.69) is 5.16 Å². The van der Waals surface area contributed by atoms with E-state index in [1.54, 1.807) is 12.1 Å². The van der Waals surface area contributed by atoms with Crippen LogP contribution in [0.3, 0.4) is 0 Å². The molecular weight excluding hydrogens is 399 g/mol. The van der Waals surface area contributed by atoms with Crippen molar-refractivity contribution in [3.63, 3.8) is 0 Å². The Morgan fingerprint density at radius 1 is 0.893 bits per heavy atom. The van der Waals surface area contributed by atoms with Crippen LogP contribution < -0.4 is 4.90 Å². The number of benzene rings is 3. The number of halogens is 2. The van der Waals surface area contributed by atoms with Crippen LogP contribution in [-0.4, -0.2) is 17.6 Å². The van der Waals surface area contributed by atoms with Gasteiger partial charge in [-0.25, -0.2) is 4.79 Å². The molecule has 0 atom stereocenters. The molecule has 0 saturated heterocycles. The summed E-state index contributed by atoms with van der Waals surface area (Å²) in [5.74, 6) is -1.12. The van der Waals surface area contributed by atoms with Crippen molar-refractivity contribution in [2.45, 2.75) is 0 Å². The van der Waals surface area contributed by atoms with Gasteiger partial charge in [-0.1, -0.05) is 64.8 Å². The van der Waals surface area contributed by atoms with Gasteiger partial charge in [-0.15, -0.1) is 0 Å². The standard InChI is InChI=1S/C21H12Cl2N2O3/c22-16-11-10-13(12-17(16)23)21(27)28-24-19-15-8-4-5-9-18(15)25(20(19)26)14-6-2-1-3-7-14/h1-12H/b24-19-. The number of carbonyl (C=O) groups excluding carboxylic acids is 2. The molecule has 1 amide bonds. The van der Waals surface area contributed by atoms with E-state index in [-0.39, 0.29) is 22.2 Å². The second-order valence-electron chi connectivity index (χ2n) is 5.94. The minimum Gasteiger partial charge on any atom is -0.312 e. The number of nitrogens with zero attached hydrogens (tertiary/aromatic N) is 2. The third kappa shape index (κ3) is 3.26. The summed E-state index contributed by atoms with van der Waals surface area (Å²) >= 11 is 11.8. The number of fused-ring (bicyclic) bond motifs is 1. The topological polar surface area (TPSA) is 59.0 Å². The van der Waals surface area contributed by atoms with Crippen molar-refractivity contribution in [2.75, 3.05) is 4.90 Å². The molecule has 0 unspecified atom stereocenters. The summed E-state index contributed by atoms with van der Waals surface area (Å²) in [4.78, 5) is 31.8. The Hall–Kier alpha value is -3.15. The van der Waals surface area contributed by atoms with Crippen molar-refractivity contribution in [1.82, 2.24) is 0 Å². The number of anilines is 2. The molecule has 3 aromatic carbocycles. The molecule has 7 heteroatoms. The molecule has 28 heavy (non-hydrogen) atoms. The van der Waals surface area contributed by atoms with Gasteiger partial charge in [0, 0.05) is 11.3 Å². The van der Waals surface area contributed by atoms with Crippen LogP contribution in [0.2, 0.25) is 10.0 Å². The van der Waals surface area contributed by atoms with Gasteiger partial charge in [0.25, 0.3) is 5.91 Å². The summed E-state index contributed by atoms with van der Waals surface area (Å²) in [6.45, 7) is 0. The largest absolute Gasteiger partial charge is 0.365 e. The zero-order valence-electron chi connectivity index (χ0n) is 14.3. The van der Waals surface area contributed by atoms with Crippen LogP contribution in [0.4, 0.5) is 11.4 Å². The molecule has 0 spiro atoms. The van der Waals surface area contributed by atoms with E-state index in [0.29, 0.717) is 22.0 Å². The fourth-order valence-corrected chi connectivity index (χ4v) is 3.18. The smallest absolute Gasteiger partial charge is 0.312 e. The summed E-state index contributed by atoms with van der Waals surface area (Å²) in [5.41, 5.74) is 2.17. The van der Waals surface area contributed by atoms with Crippen molar-refractivity contribution < 1.29 is 14.4 Å². The number of carbonyl (C=O) groups is 2. The van der Waals surface area contributed by atoms with Crippen molar-refractivity contribution in [2.24, 2.45) is 5.16 Å². The van der Waals surface area contributed by atoms with Crippen molar-refractivity contribution in [3.8, 4) is 0 Å². The van der Waals surface area contributed by atoms with Crippen LogP contribution in [0.25, 0.3) is 0 Å². The van der Waals surface area contributed by atoms with E-state index >= 15 is 0 Å². The Balaban J connectivity index is 1.67. The molecule has 0 aliphatic carbocycles. The first-order valence-electron chi connectivity index (χ1n) is 8.29. The van der Waals surface area contributed by atoms with E-state index in [4.69, 9.17) is 28.0 Å². The summed E-state index contributed by atoms with van der Waals surface area (Å²) in [5, 5.41) is 4.40. The van der Waals surface area contributed by atoms with Crippen LogP contribution in [0, 0.1) is 0 Å². The lowest BCUT2D eigenvalue weighted by Crippen LogP contribution is -2.25. The Kier molecular flexibility index (Phi) is 4.86. The van der Waals surface area contributed by atoms with Gasteiger partial charge < -0.3 is 4.84 Å². The number of hydrogen-bond donors (Lipinski definition) is 0. The first-order valence-corrected chi connectivity index (χ1v) is 9.05. The molecule has 5 nitrogen and oxygen atoms in total. The fraction of sp³-hybridized carbons (Fsp3) is 0. The van der Waals surface area contributed by atoms with Gasteiger partial charge in [0.15, 0.2) is 5.71 Å². The molecule has 138 valence electrons. The highest BCUT2D eigenvalue weighted by Gasteiger charge is 2.35. The molecule has 0 aromatic heterocycles. The molecule has 1 heterocycles. The zero-order chi connectivity index (χ0) is 19.7. The molecule has 4 rings (SSSR count). The monoisotopic (exact) mass is 410 g/mol. The van der Waals surface area contributed by atoms with Crippen molar-refractivity contribution >= 4 is 52.2 Å². The average molecular weight is 411 g/mol. The highest BCUT2D eigenvalue weighted by atomic mass is 35.5. The molecular formula is C21H12Cl2N2O3. The van der Waals surface area contributed by atoms with Crippen LogP contribution >= 0.6 is 23.2 Å². The predicted molar refractivity (Wildman–Crippen MR) is 108 cm³/mol. The minimum atomic E-state index is -0.741. The number of oxime groups is 1. The maximum absolute atomic E-state index is 13.0. The first kappa shape index (κ1) is 18.2. The SMILES string of the molecule is O=C(O/N=C1\C(=O)N(c2ccccc2)c2ccccc21)c1ccc(Cl)c(Cl)c1. The Labute approximate surface area is 170 Å². The lowest BCUT2D eigenvalue weighted by Gasteiger charge is -2.16. The van der Waals surface area contributed by atoms with E-state index in [1.165, 1.54) is 23.1 Å². The van der Waals surface area contributed by atoms with Crippen LogP contribution in [0.1, 0.15) is 15.9 Å². The first-order chi connectivity index (χ1) is 13.6. The van der Waals surface area contributed by atoms with Gasteiger partial charge in [-0.3, -0.25) is 9.69 Å². The molecule has 0 radical (unpaired) electrons. The summed E-state index contributed by atoms with van der Waals surface area (Å²) in [7, 11) is 0. The second-order valence-corrected chi connectivity index (χ2v) is 6.76. The van der Waals surface area contributed by atoms with E-state index in [9.17, 15) is 9.59 Å². The molecule has 0 bridgehead atoms. The normalized spacial score (nSPS) is 14.3. The van der Waals surface area contributed by atoms with Crippen LogP contribution in [-0.2, 0) is 9.63 Å². The lowest BCUT2D eigenvalue weighted by atomic mass is 10.1. The quantitative estimate of drug-likeness (QED) is 0.438. The summed E-state index contributed by atoms with van der Waals surface area (Å²) < 4.78 is 0. The number of hydrogen-bond acceptors (Lipinski definition) is 4. The Morgan fingerprint density at radius 3 is 2.36 bits per heavy atom. The third-order valence-corrected chi connectivity index (χ3v) is 4.93. The Morgan fingerprint density at radius 2 is 1.61 bits per heavy atom. The maximum Gasteiger partial charge on any atom is 0.365 e. The lowest BCUT2D eigenvalue weighted by molar-refractivity contribution is -0.111. The van der Waals surface area contributed by atoms with Crippen molar-refractivity contribution in [3.05, 3.63) is 94.0 Å². The molecule has 0 saturated carbocycles. The van der Waals surface area contributed by atoms with Gasteiger partial charge in [-0.2, -0.15) is 0 Å². The molecule has 0 N–H and O–H groups in total. The van der Waals surface area contributed by atoms with Gasteiger partial charge in [-0.05, 0) is 36.4 Å². The number of para-hydroxylation sites is 2. The van der Waals surface area contributed by atoms with E-state index in [1.807, 2.05) is 42.5 Å². The second kappa shape index (κ2) is 7.46. The average Bonchev–Trinajstić information content (AvgIpc) is 3.00. The highest BCUT2D eigenvalue weighted by Crippen LogP contribution is 2.35. The molecule has 1 aliphatic heterocycles. The molecule has 1 aliphatic rings. The Bertz CT molecular complexity index is 1110. The van der Waals surface area contributed by atoms with Crippen molar-refractivity contribution in [1.29, 1.82) is 0 Å². The van der Waals surface area contributed by atoms with Gasteiger partial charge in [0.2, 0.25) is 0 Å².